The zero-order valence-corrected chi connectivity index (χ0v) is 10.8. The molecule has 0 aliphatic carbocycles. The van der Waals surface area contributed by atoms with Gasteiger partial charge in [0, 0.05) is 16.5 Å². The minimum absolute atomic E-state index is 0.116. The number of aromatic carboxylic acids is 1. The lowest BCUT2D eigenvalue weighted by atomic mass is 10.3. The molecule has 0 bridgehead atoms. The van der Waals surface area contributed by atoms with Gasteiger partial charge in [-0.25, -0.2) is 13.6 Å². The van der Waals surface area contributed by atoms with Crippen molar-refractivity contribution >= 4 is 17.7 Å². The summed E-state index contributed by atoms with van der Waals surface area (Å²) >= 11 is 1.11. The Morgan fingerprint density at radius 2 is 2.11 bits per heavy atom. The van der Waals surface area contributed by atoms with Crippen molar-refractivity contribution < 1.29 is 23.1 Å². The predicted molar refractivity (Wildman–Crippen MR) is 66.3 cm³/mol. The van der Waals surface area contributed by atoms with Crippen molar-refractivity contribution in [3.63, 3.8) is 0 Å². The summed E-state index contributed by atoms with van der Waals surface area (Å²) in [4.78, 5) is 11.1. The van der Waals surface area contributed by atoms with Crippen molar-refractivity contribution in [2.45, 2.75) is 17.6 Å². The van der Waals surface area contributed by atoms with Gasteiger partial charge in [0.1, 0.15) is 17.4 Å². The number of benzene rings is 1. The number of thioether (sulfide) groups is 1. The van der Waals surface area contributed by atoms with Gasteiger partial charge in [-0.2, -0.15) is 0 Å². The van der Waals surface area contributed by atoms with E-state index in [1.54, 1.807) is 13.0 Å². The second-order valence-corrected chi connectivity index (χ2v) is 4.91. The van der Waals surface area contributed by atoms with Crippen LogP contribution in [0.25, 0.3) is 0 Å². The number of aryl methyl sites for hydroxylation is 1. The van der Waals surface area contributed by atoms with Gasteiger partial charge in [-0.05, 0) is 25.1 Å². The third-order valence-electron chi connectivity index (χ3n) is 2.43. The number of hydrogen-bond acceptors (Lipinski definition) is 3. The first-order valence-electron chi connectivity index (χ1n) is 5.38. The molecule has 0 saturated heterocycles. The first-order valence-corrected chi connectivity index (χ1v) is 6.36. The summed E-state index contributed by atoms with van der Waals surface area (Å²) in [5, 5.41) is 8.84. The van der Waals surface area contributed by atoms with Crippen molar-refractivity contribution in [3.05, 3.63) is 53.0 Å². The van der Waals surface area contributed by atoms with Crippen LogP contribution in [0.1, 0.15) is 21.9 Å². The quantitative estimate of drug-likeness (QED) is 0.866. The van der Waals surface area contributed by atoms with E-state index in [1.165, 1.54) is 12.1 Å². The average Bonchev–Trinajstić information content (AvgIpc) is 2.69. The van der Waals surface area contributed by atoms with Gasteiger partial charge in [0.2, 0.25) is 5.76 Å². The second kappa shape index (κ2) is 5.44. The van der Waals surface area contributed by atoms with Crippen LogP contribution in [0.4, 0.5) is 8.78 Å². The Morgan fingerprint density at radius 1 is 1.37 bits per heavy atom. The molecule has 0 amide bonds. The summed E-state index contributed by atoms with van der Waals surface area (Å²) in [7, 11) is 0. The molecule has 2 aromatic rings. The smallest absolute Gasteiger partial charge is 0.372 e. The van der Waals surface area contributed by atoms with Crippen molar-refractivity contribution in [2.75, 3.05) is 0 Å². The van der Waals surface area contributed by atoms with E-state index in [9.17, 15) is 13.6 Å². The topological polar surface area (TPSA) is 50.4 Å². The molecule has 0 fully saturated rings. The van der Waals surface area contributed by atoms with E-state index < -0.39 is 17.6 Å². The number of halogens is 2. The van der Waals surface area contributed by atoms with Gasteiger partial charge >= 0.3 is 5.97 Å². The fraction of sp³-hybridized carbons (Fsp3) is 0.154. The van der Waals surface area contributed by atoms with Gasteiger partial charge in [0.05, 0.1) is 5.75 Å². The predicted octanol–water partition coefficient (Wildman–Crippen LogP) is 3.86. The lowest BCUT2D eigenvalue weighted by Crippen LogP contribution is -1.94. The summed E-state index contributed by atoms with van der Waals surface area (Å²) < 4.78 is 31.2. The van der Waals surface area contributed by atoms with E-state index in [0.717, 1.165) is 17.8 Å². The van der Waals surface area contributed by atoms with Crippen molar-refractivity contribution in [2.24, 2.45) is 0 Å². The zero-order chi connectivity index (χ0) is 14.0. The van der Waals surface area contributed by atoms with Gasteiger partial charge in [-0.3, -0.25) is 0 Å². The Kier molecular flexibility index (Phi) is 3.90. The summed E-state index contributed by atoms with van der Waals surface area (Å²) in [6.07, 6.45) is 0. The van der Waals surface area contributed by atoms with Gasteiger partial charge in [0.25, 0.3) is 0 Å². The summed E-state index contributed by atoms with van der Waals surface area (Å²) in [5.41, 5.74) is 0.516. The molecule has 1 aromatic carbocycles. The average molecular weight is 284 g/mol. The van der Waals surface area contributed by atoms with Crippen LogP contribution < -0.4 is 0 Å². The van der Waals surface area contributed by atoms with Crippen molar-refractivity contribution in [3.8, 4) is 0 Å². The molecule has 3 nitrogen and oxygen atoms in total. The zero-order valence-electron chi connectivity index (χ0n) is 9.94. The Morgan fingerprint density at radius 3 is 2.68 bits per heavy atom. The number of carboxylic acid groups (broad SMARTS) is 1. The second-order valence-electron chi connectivity index (χ2n) is 3.89. The summed E-state index contributed by atoms with van der Waals surface area (Å²) in [6.45, 7) is 1.62. The summed E-state index contributed by atoms with van der Waals surface area (Å²) in [5.74, 6) is -1.83. The maximum atomic E-state index is 13.4. The van der Waals surface area contributed by atoms with Crippen LogP contribution in [0.3, 0.4) is 0 Å². The highest BCUT2D eigenvalue weighted by Crippen LogP contribution is 2.27. The molecule has 0 spiro atoms. The number of carbonyl (C=O) groups is 1. The highest BCUT2D eigenvalue weighted by atomic mass is 32.2. The maximum Gasteiger partial charge on any atom is 0.372 e. The maximum absolute atomic E-state index is 13.4. The molecule has 1 heterocycles. The van der Waals surface area contributed by atoms with Gasteiger partial charge in [-0.1, -0.05) is 0 Å². The van der Waals surface area contributed by atoms with Crippen LogP contribution in [0.15, 0.2) is 33.6 Å². The van der Waals surface area contributed by atoms with Crippen LogP contribution in [0.5, 0.6) is 0 Å². The van der Waals surface area contributed by atoms with Gasteiger partial charge < -0.3 is 9.52 Å². The molecular formula is C13H10F2O3S. The Bertz CT molecular complexity index is 622. The molecule has 0 unspecified atom stereocenters. The molecule has 100 valence electrons. The number of hydrogen-bond donors (Lipinski definition) is 1. The first kappa shape index (κ1) is 13.6. The lowest BCUT2D eigenvalue weighted by molar-refractivity contribution is 0.0659. The van der Waals surface area contributed by atoms with E-state index in [-0.39, 0.29) is 16.4 Å². The van der Waals surface area contributed by atoms with Crippen LogP contribution >= 0.6 is 11.8 Å². The van der Waals surface area contributed by atoms with E-state index in [1.807, 2.05) is 0 Å². The number of furan rings is 1. The SMILES string of the molecule is Cc1cc(CSc2ccc(F)cc2F)oc1C(=O)O. The van der Waals surface area contributed by atoms with E-state index >= 15 is 0 Å². The molecular weight excluding hydrogens is 274 g/mol. The monoisotopic (exact) mass is 284 g/mol. The Hall–Kier alpha value is -1.82. The van der Waals surface area contributed by atoms with Crippen LogP contribution in [0, 0.1) is 18.6 Å². The highest BCUT2D eigenvalue weighted by molar-refractivity contribution is 7.98. The third-order valence-corrected chi connectivity index (χ3v) is 3.50. The van der Waals surface area contributed by atoms with Gasteiger partial charge in [0.15, 0.2) is 0 Å². The molecule has 0 aliphatic heterocycles. The summed E-state index contributed by atoms with van der Waals surface area (Å²) in [6, 6.07) is 4.90. The normalized spacial score (nSPS) is 10.7. The minimum atomic E-state index is -1.14. The van der Waals surface area contributed by atoms with Gasteiger partial charge in [-0.15, -0.1) is 11.8 Å². The number of carboxylic acids is 1. The van der Waals surface area contributed by atoms with Crippen molar-refractivity contribution in [1.29, 1.82) is 0 Å². The first-order chi connectivity index (χ1) is 8.97. The van der Waals surface area contributed by atoms with Crippen LogP contribution in [-0.4, -0.2) is 11.1 Å². The lowest BCUT2D eigenvalue weighted by Gasteiger charge is -2.01. The largest absolute Gasteiger partial charge is 0.475 e. The molecule has 2 rings (SSSR count). The molecule has 1 N–H and O–H groups in total. The van der Waals surface area contributed by atoms with E-state index in [4.69, 9.17) is 9.52 Å². The Balaban J connectivity index is 2.10. The molecule has 0 aliphatic rings. The Labute approximate surface area is 112 Å². The molecule has 0 atom stereocenters. The van der Waals surface area contributed by atoms with E-state index in [2.05, 4.69) is 0 Å². The molecule has 0 saturated carbocycles. The fourth-order valence-corrected chi connectivity index (χ4v) is 2.37. The molecule has 1 aromatic heterocycles. The minimum Gasteiger partial charge on any atom is -0.475 e. The molecule has 0 radical (unpaired) electrons. The highest BCUT2D eigenvalue weighted by Gasteiger charge is 2.14. The van der Waals surface area contributed by atoms with Crippen LogP contribution in [0.2, 0.25) is 0 Å². The van der Waals surface area contributed by atoms with E-state index in [0.29, 0.717) is 11.3 Å². The fourth-order valence-electron chi connectivity index (χ4n) is 1.57. The molecule has 6 heteroatoms. The van der Waals surface area contributed by atoms with Crippen molar-refractivity contribution in [1.82, 2.24) is 0 Å². The van der Waals surface area contributed by atoms with Crippen LogP contribution in [-0.2, 0) is 5.75 Å². The standard InChI is InChI=1S/C13H10F2O3S/c1-7-4-9(18-12(7)13(16)17)6-19-11-3-2-8(14)5-10(11)15/h2-5H,6H2,1H3,(H,16,17). The third kappa shape index (κ3) is 3.14. The molecule has 19 heavy (non-hydrogen) atoms. The number of rotatable bonds is 4.